The number of ether oxygens (including phenoxy) is 2. The van der Waals surface area contributed by atoms with Gasteiger partial charge in [0.05, 0.1) is 20.5 Å². The van der Waals surface area contributed by atoms with Crippen molar-refractivity contribution in [2.75, 3.05) is 14.2 Å². The van der Waals surface area contributed by atoms with Gasteiger partial charge in [0.1, 0.15) is 11.6 Å². The van der Waals surface area contributed by atoms with Gasteiger partial charge in [0.25, 0.3) is 0 Å². The van der Waals surface area contributed by atoms with Crippen LogP contribution in [0.3, 0.4) is 0 Å². The van der Waals surface area contributed by atoms with Gasteiger partial charge in [-0.25, -0.2) is 0 Å². The summed E-state index contributed by atoms with van der Waals surface area (Å²) in [6.07, 6.45) is 2.87. The van der Waals surface area contributed by atoms with Crippen LogP contribution in [-0.2, 0) is 0 Å². The Morgan fingerprint density at radius 3 is 2.57 bits per heavy atom. The van der Waals surface area contributed by atoms with Gasteiger partial charge in [0.15, 0.2) is 17.3 Å². The fraction of sp³-hybridized carbons (Fsp3) is 0.125. The maximum atomic E-state index is 12.1. The highest BCUT2D eigenvalue weighted by atomic mass is 16.5. The van der Waals surface area contributed by atoms with Crippen molar-refractivity contribution < 1.29 is 18.7 Å². The maximum absolute atomic E-state index is 12.1. The minimum Gasteiger partial charge on any atom is -0.493 e. The number of hydrogen-bond donors (Lipinski definition) is 0. The molecule has 0 aliphatic heterocycles. The molecule has 2 aromatic rings. The monoisotopic (exact) mass is 283 g/mol. The number of nitriles is 1. The molecule has 5 nitrogen and oxygen atoms in total. The van der Waals surface area contributed by atoms with Crippen molar-refractivity contribution in [3.05, 3.63) is 53.5 Å². The van der Waals surface area contributed by atoms with Crippen molar-refractivity contribution in [2.45, 2.75) is 0 Å². The number of benzene rings is 1. The smallest absolute Gasteiger partial charge is 0.238 e. The Morgan fingerprint density at radius 2 is 2.00 bits per heavy atom. The second-order valence-corrected chi connectivity index (χ2v) is 4.09. The van der Waals surface area contributed by atoms with Crippen LogP contribution in [0, 0.1) is 11.3 Å². The molecule has 0 fully saturated rings. The van der Waals surface area contributed by atoms with E-state index in [1.54, 1.807) is 24.3 Å². The third-order valence-corrected chi connectivity index (χ3v) is 2.83. The molecular weight excluding hydrogens is 270 g/mol. The third kappa shape index (κ3) is 3.12. The fourth-order valence-electron chi connectivity index (χ4n) is 1.80. The average Bonchev–Trinajstić information content (AvgIpc) is 3.06. The number of allylic oxidation sites excluding steroid dienone is 1. The second kappa shape index (κ2) is 6.44. The van der Waals surface area contributed by atoms with Crippen LogP contribution in [0.15, 0.2) is 46.6 Å². The number of carbonyl (C=O) groups excluding carboxylic acids is 1. The zero-order valence-corrected chi connectivity index (χ0v) is 11.6. The first-order valence-electron chi connectivity index (χ1n) is 6.11. The minimum atomic E-state index is -0.461. The highest BCUT2D eigenvalue weighted by Crippen LogP contribution is 2.28. The molecule has 5 heteroatoms. The summed E-state index contributed by atoms with van der Waals surface area (Å²) in [5.74, 6) is 0.764. The Balaban J connectivity index is 2.37. The number of rotatable bonds is 5. The fourth-order valence-corrected chi connectivity index (χ4v) is 1.80. The summed E-state index contributed by atoms with van der Waals surface area (Å²) in [7, 11) is 3.05. The molecule has 1 aromatic heterocycles. The van der Waals surface area contributed by atoms with Gasteiger partial charge < -0.3 is 13.9 Å². The Morgan fingerprint density at radius 1 is 1.24 bits per heavy atom. The van der Waals surface area contributed by atoms with E-state index in [0.717, 1.165) is 0 Å². The Labute approximate surface area is 122 Å². The van der Waals surface area contributed by atoms with Crippen molar-refractivity contribution in [1.82, 2.24) is 0 Å². The van der Waals surface area contributed by atoms with Gasteiger partial charge in [0, 0.05) is 0 Å². The van der Waals surface area contributed by atoms with E-state index < -0.39 is 5.78 Å². The quantitative estimate of drug-likeness (QED) is 0.479. The molecule has 21 heavy (non-hydrogen) atoms. The van der Waals surface area contributed by atoms with E-state index in [0.29, 0.717) is 17.1 Å². The predicted octanol–water partition coefficient (Wildman–Crippen LogP) is 3.09. The van der Waals surface area contributed by atoms with Gasteiger partial charge >= 0.3 is 0 Å². The SMILES string of the molecule is COc1ccc(/C=C(\C#N)C(=O)c2ccco2)cc1OC. The van der Waals surface area contributed by atoms with Crippen LogP contribution >= 0.6 is 0 Å². The first kappa shape index (κ1) is 14.4. The molecule has 0 amide bonds. The molecule has 2 rings (SSSR count). The van der Waals surface area contributed by atoms with Crippen LogP contribution < -0.4 is 9.47 Å². The number of Topliss-reactive ketones (excluding diaryl/α,β-unsaturated/α-hetero) is 1. The van der Waals surface area contributed by atoms with Crippen molar-refractivity contribution in [2.24, 2.45) is 0 Å². The molecule has 0 N–H and O–H groups in total. The van der Waals surface area contributed by atoms with Crippen LogP contribution in [-0.4, -0.2) is 20.0 Å². The first-order valence-corrected chi connectivity index (χ1v) is 6.11. The first-order chi connectivity index (χ1) is 10.2. The molecule has 0 bridgehead atoms. The lowest BCUT2D eigenvalue weighted by atomic mass is 10.1. The maximum Gasteiger partial charge on any atom is 0.238 e. The number of ketones is 1. The number of methoxy groups -OCH3 is 2. The highest BCUT2D eigenvalue weighted by Gasteiger charge is 2.15. The molecule has 1 aromatic carbocycles. The molecule has 0 atom stereocenters. The van der Waals surface area contributed by atoms with Gasteiger partial charge in [-0.15, -0.1) is 0 Å². The molecule has 0 spiro atoms. The Kier molecular flexibility index (Phi) is 4.42. The summed E-state index contributed by atoms with van der Waals surface area (Å²) in [5, 5.41) is 9.15. The summed E-state index contributed by atoms with van der Waals surface area (Å²) in [4.78, 5) is 12.1. The summed E-state index contributed by atoms with van der Waals surface area (Å²) in [6, 6.07) is 10.1. The van der Waals surface area contributed by atoms with E-state index in [1.807, 2.05) is 6.07 Å². The summed E-state index contributed by atoms with van der Waals surface area (Å²) in [6.45, 7) is 0. The zero-order valence-electron chi connectivity index (χ0n) is 11.6. The zero-order chi connectivity index (χ0) is 15.2. The summed E-state index contributed by atoms with van der Waals surface area (Å²) < 4.78 is 15.3. The van der Waals surface area contributed by atoms with Crippen molar-refractivity contribution in [3.63, 3.8) is 0 Å². The summed E-state index contributed by atoms with van der Waals surface area (Å²) >= 11 is 0. The predicted molar refractivity (Wildman–Crippen MR) is 76.2 cm³/mol. The van der Waals surface area contributed by atoms with Crippen molar-refractivity contribution in [3.8, 4) is 17.6 Å². The van der Waals surface area contributed by atoms with Crippen molar-refractivity contribution in [1.29, 1.82) is 5.26 Å². The largest absolute Gasteiger partial charge is 0.493 e. The average molecular weight is 283 g/mol. The number of carbonyl (C=O) groups is 1. The van der Waals surface area contributed by atoms with Crippen LogP contribution in [0.4, 0.5) is 0 Å². The number of hydrogen-bond acceptors (Lipinski definition) is 5. The van der Waals surface area contributed by atoms with Crippen molar-refractivity contribution >= 4 is 11.9 Å². The van der Waals surface area contributed by atoms with Gasteiger partial charge in [-0.2, -0.15) is 5.26 Å². The number of furan rings is 1. The minimum absolute atomic E-state index is 0.0165. The van der Waals surface area contributed by atoms with Gasteiger partial charge in [-0.3, -0.25) is 4.79 Å². The van der Waals surface area contributed by atoms with Gasteiger partial charge in [-0.05, 0) is 35.9 Å². The lowest BCUT2D eigenvalue weighted by Gasteiger charge is -2.07. The second-order valence-electron chi connectivity index (χ2n) is 4.09. The molecule has 1 heterocycles. The van der Waals surface area contributed by atoms with E-state index >= 15 is 0 Å². The van der Waals surface area contributed by atoms with E-state index in [1.165, 1.54) is 32.6 Å². The van der Waals surface area contributed by atoms with E-state index in [2.05, 4.69) is 0 Å². The van der Waals surface area contributed by atoms with Gasteiger partial charge in [0.2, 0.25) is 5.78 Å². The van der Waals surface area contributed by atoms with Gasteiger partial charge in [-0.1, -0.05) is 6.07 Å². The van der Waals surface area contributed by atoms with Crippen LogP contribution in [0.2, 0.25) is 0 Å². The normalized spacial score (nSPS) is 10.8. The molecule has 0 radical (unpaired) electrons. The molecule has 0 aliphatic carbocycles. The molecule has 0 aliphatic rings. The molecule has 0 unspecified atom stereocenters. The summed E-state index contributed by atoms with van der Waals surface area (Å²) in [5.41, 5.74) is 0.640. The van der Waals surface area contributed by atoms with E-state index in [4.69, 9.17) is 19.2 Å². The topological polar surface area (TPSA) is 72.5 Å². The number of nitrogens with zero attached hydrogens (tertiary/aromatic N) is 1. The third-order valence-electron chi connectivity index (χ3n) is 2.83. The van der Waals surface area contributed by atoms with Crippen LogP contribution in [0.25, 0.3) is 6.08 Å². The molecule has 106 valence electrons. The lowest BCUT2D eigenvalue weighted by Crippen LogP contribution is -2.00. The molecule has 0 saturated carbocycles. The van der Waals surface area contributed by atoms with E-state index in [9.17, 15) is 4.79 Å². The Hall–Kier alpha value is -3.00. The Bertz CT molecular complexity index is 708. The van der Waals surface area contributed by atoms with Crippen LogP contribution in [0.1, 0.15) is 16.1 Å². The lowest BCUT2D eigenvalue weighted by molar-refractivity contribution is 0.101. The highest BCUT2D eigenvalue weighted by molar-refractivity contribution is 6.12. The molecule has 0 saturated heterocycles. The molecular formula is C16H13NO4. The van der Waals surface area contributed by atoms with E-state index in [-0.39, 0.29) is 11.3 Å². The van der Waals surface area contributed by atoms with Crippen LogP contribution in [0.5, 0.6) is 11.5 Å². The standard InChI is InChI=1S/C16H13NO4/c1-19-13-6-5-11(9-15(13)20-2)8-12(10-17)16(18)14-4-3-7-21-14/h3-9H,1-2H3/b12-8+.